The molecule has 2 aliphatic rings. The van der Waals surface area contributed by atoms with Crippen molar-refractivity contribution >= 4 is 11.7 Å². The van der Waals surface area contributed by atoms with Gasteiger partial charge >= 0.3 is 0 Å². The summed E-state index contributed by atoms with van der Waals surface area (Å²) >= 11 is 0. The number of anilines is 1. The SMILES string of the molecule is COCC(=O)N1CCN(c2ccc(OC3CCCCC3)nn2)CC1. The molecule has 0 spiro atoms. The summed E-state index contributed by atoms with van der Waals surface area (Å²) in [5.74, 6) is 1.49. The van der Waals surface area contributed by atoms with Gasteiger partial charge in [0.15, 0.2) is 5.82 Å². The van der Waals surface area contributed by atoms with Gasteiger partial charge in [-0.3, -0.25) is 4.79 Å². The van der Waals surface area contributed by atoms with E-state index in [1.165, 1.54) is 19.3 Å². The number of ether oxygens (including phenoxy) is 2. The summed E-state index contributed by atoms with van der Waals surface area (Å²) < 4.78 is 10.8. The maximum absolute atomic E-state index is 11.8. The van der Waals surface area contributed by atoms with E-state index >= 15 is 0 Å². The highest BCUT2D eigenvalue weighted by Crippen LogP contribution is 2.23. The van der Waals surface area contributed by atoms with E-state index in [4.69, 9.17) is 9.47 Å². The lowest BCUT2D eigenvalue weighted by molar-refractivity contribution is -0.135. The van der Waals surface area contributed by atoms with Crippen LogP contribution >= 0.6 is 0 Å². The molecule has 1 aliphatic heterocycles. The molecule has 0 bridgehead atoms. The zero-order valence-electron chi connectivity index (χ0n) is 14.3. The second-order valence-corrected chi connectivity index (χ2v) is 6.41. The van der Waals surface area contributed by atoms with Gasteiger partial charge in [-0.1, -0.05) is 6.42 Å². The first-order chi connectivity index (χ1) is 11.8. The quantitative estimate of drug-likeness (QED) is 0.812. The molecule has 3 rings (SSSR count). The smallest absolute Gasteiger partial charge is 0.248 e. The summed E-state index contributed by atoms with van der Waals surface area (Å²) in [6.45, 7) is 3.03. The summed E-state index contributed by atoms with van der Waals surface area (Å²) in [4.78, 5) is 15.8. The standard InChI is InChI=1S/C17H26N4O3/c1-23-13-17(22)21-11-9-20(10-12-21)15-7-8-16(19-18-15)24-14-5-3-2-4-6-14/h7-8,14H,2-6,9-13H2,1H3. The van der Waals surface area contributed by atoms with Crippen LogP contribution in [-0.2, 0) is 9.53 Å². The Morgan fingerprint density at radius 2 is 1.88 bits per heavy atom. The van der Waals surface area contributed by atoms with Gasteiger partial charge in [-0.05, 0) is 31.7 Å². The first-order valence-electron chi connectivity index (χ1n) is 8.78. The lowest BCUT2D eigenvalue weighted by Crippen LogP contribution is -2.50. The van der Waals surface area contributed by atoms with E-state index in [-0.39, 0.29) is 18.6 Å². The molecule has 0 atom stereocenters. The van der Waals surface area contributed by atoms with Gasteiger partial charge in [-0.25, -0.2) is 0 Å². The summed E-state index contributed by atoms with van der Waals surface area (Å²) in [5, 5.41) is 8.51. The molecule has 0 radical (unpaired) electrons. The van der Waals surface area contributed by atoms with Gasteiger partial charge < -0.3 is 19.3 Å². The van der Waals surface area contributed by atoms with Crippen LogP contribution < -0.4 is 9.64 Å². The van der Waals surface area contributed by atoms with Crippen LogP contribution in [0, 0.1) is 0 Å². The van der Waals surface area contributed by atoms with Gasteiger partial charge in [0.05, 0.1) is 0 Å². The number of hydrogen-bond donors (Lipinski definition) is 0. The molecule has 7 heteroatoms. The minimum Gasteiger partial charge on any atom is -0.473 e. The second kappa shape index (κ2) is 8.28. The summed E-state index contributed by atoms with van der Waals surface area (Å²) in [7, 11) is 1.54. The summed E-state index contributed by atoms with van der Waals surface area (Å²) in [6, 6.07) is 3.86. The van der Waals surface area contributed by atoms with Crippen molar-refractivity contribution in [3.05, 3.63) is 12.1 Å². The molecule has 1 saturated carbocycles. The molecule has 24 heavy (non-hydrogen) atoms. The van der Waals surface area contributed by atoms with Crippen LogP contribution in [0.1, 0.15) is 32.1 Å². The van der Waals surface area contributed by atoms with Crippen molar-refractivity contribution in [2.75, 3.05) is 44.8 Å². The number of carbonyl (C=O) groups is 1. The number of aromatic nitrogens is 2. The third-order valence-corrected chi connectivity index (χ3v) is 4.69. The fourth-order valence-corrected chi connectivity index (χ4v) is 3.30. The molecule has 0 aromatic carbocycles. The zero-order chi connectivity index (χ0) is 16.8. The maximum atomic E-state index is 11.8. The zero-order valence-corrected chi connectivity index (χ0v) is 14.3. The number of carbonyl (C=O) groups excluding carboxylic acids is 1. The van der Waals surface area contributed by atoms with Gasteiger partial charge in [0.2, 0.25) is 11.8 Å². The van der Waals surface area contributed by atoms with Crippen molar-refractivity contribution in [1.82, 2.24) is 15.1 Å². The van der Waals surface area contributed by atoms with Crippen LogP contribution in [0.15, 0.2) is 12.1 Å². The lowest BCUT2D eigenvalue weighted by Gasteiger charge is -2.35. The predicted molar refractivity (Wildman–Crippen MR) is 90.2 cm³/mol. The third kappa shape index (κ3) is 4.35. The van der Waals surface area contributed by atoms with Crippen molar-refractivity contribution in [3.8, 4) is 5.88 Å². The average molecular weight is 334 g/mol. The maximum Gasteiger partial charge on any atom is 0.248 e. The van der Waals surface area contributed by atoms with Crippen molar-refractivity contribution in [2.45, 2.75) is 38.2 Å². The van der Waals surface area contributed by atoms with Crippen LogP contribution in [0.5, 0.6) is 5.88 Å². The predicted octanol–water partition coefficient (Wildman–Crippen LogP) is 1.48. The summed E-state index contributed by atoms with van der Waals surface area (Å²) in [6.07, 6.45) is 6.30. The first kappa shape index (κ1) is 17.0. The highest BCUT2D eigenvalue weighted by molar-refractivity contribution is 5.77. The highest BCUT2D eigenvalue weighted by Gasteiger charge is 2.22. The van der Waals surface area contributed by atoms with Crippen LogP contribution in [0.3, 0.4) is 0 Å². The van der Waals surface area contributed by atoms with Crippen molar-refractivity contribution in [3.63, 3.8) is 0 Å². The molecule has 2 fully saturated rings. The Bertz CT molecular complexity index is 523. The average Bonchev–Trinajstić information content (AvgIpc) is 2.64. The minimum atomic E-state index is 0.0412. The molecule has 1 aliphatic carbocycles. The van der Waals surface area contributed by atoms with Crippen molar-refractivity contribution in [2.24, 2.45) is 0 Å². The molecule has 0 unspecified atom stereocenters. The van der Waals surface area contributed by atoms with E-state index in [2.05, 4.69) is 15.1 Å². The Hall–Kier alpha value is -1.89. The highest BCUT2D eigenvalue weighted by atomic mass is 16.5. The minimum absolute atomic E-state index is 0.0412. The van der Waals surface area contributed by atoms with Gasteiger partial charge in [-0.2, -0.15) is 0 Å². The van der Waals surface area contributed by atoms with Crippen LogP contribution in [0.25, 0.3) is 0 Å². The lowest BCUT2D eigenvalue weighted by atomic mass is 9.98. The Morgan fingerprint density at radius 1 is 1.12 bits per heavy atom. The van der Waals surface area contributed by atoms with Crippen molar-refractivity contribution in [1.29, 1.82) is 0 Å². The van der Waals surface area contributed by atoms with Crippen molar-refractivity contribution < 1.29 is 14.3 Å². The molecule has 1 aromatic rings. The molecule has 2 heterocycles. The topological polar surface area (TPSA) is 67.8 Å². The Labute approximate surface area is 142 Å². The van der Waals surface area contributed by atoms with Gasteiger partial charge in [0, 0.05) is 39.4 Å². The molecular formula is C17H26N4O3. The fraction of sp³-hybridized carbons (Fsp3) is 0.706. The number of amides is 1. The summed E-state index contributed by atoms with van der Waals surface area (Å²) in [5.41, 5.74) is 0. The molecule has 7 nitrogen and oxygen atoms in total. The van der Waals surface area contributed by atoms with Crippen LogP contribution in [0.2, 0.25) is 0 Å². The van der Waals surface area contributed by atoms with Gasteiger partial charge in [0.1, 0.15) is 12.7 Å². The number of piperazine rings is 1. The largest absolute Gasteiger partial charge is 0.473 e. The molecule has 1 saturated heterocycles. The van der Waals surface area contributed by atoms with Crippen LogP contribution in [0.4, 0.5) is 5.82 Å². The van der Waals surface area contributed by atoms with E-state index in [1.54, 1.807) is 7.11 Å². The van der Waals surface area contributed by atoms with E-state index in [0.29, 0.717) is 19.0 Å². The number of nitrogens with zero attached hydrogens (tertiary/aromatic N) is 4. The van der Waals surface area contributed by atoms with Gasteiger partial charge in [0.25, 0.3) is 0 Å². The molecule has 1 amide bonds. The van der Waals surface area contributed by atoms with E-state index in [1.807, 2.05) is 17.0 Å². The molecule has 0 N–H and O–H groups in total. The number of methoxy groups -OCH3 is 1. The van der Waals surface area contributed by atoms with Crippen LogP contribution in [-0.4, -0.2) is 67.0 Å². The Balaban J connectivity index is 1.50. The number of hydrogen-bond acceptors (Lipinski definition) is 6. The Morgan fingerprint density at radius 3 is 2.50 bits per heavy atom. The third-order valence-electron chi connectivity index (χ3n) is 4.69. The van der Waals surface area contributed by atoms with E-state index < -0.39 is 0 Å². The first-order valence-corrected chi connectivity index (χ1v) is 8.78. The molecule has 1 aromatic heterocycles. The van der Waals surface area contributed by atoms with E-state index in [0.717, 1.165) is 31.7 Å². The molecule has 132 valence electrons. The normalized spacial score (nSPS) is 19.4. The van der Waals surface area contributed by atoms with Gasteiger partial charge in [-0.15, -0.1) is 10.2 Å². The van der Waals surface area contributed by atoms with E-state index in [9.17, 15) is 4.79 Å². The molecular weight excluding hydrogens is 308 g/mol. The second-order valence-electron chi connectivity index (χ2n) is 6.41. The number of rotatable bonds is 5. The Kier molecular flexibility index (Phi) is 5.85. The monoisotopic (exact) mass is 334 g/mol. The fourth-order valence-electron chi connectivity index (χ4n) is 3.30.